The number of halogens is 2. The van der Waals surface area contributed by atoms with Crippen LogP contribution in [0.5, 0.6) is 5.75 Å². The van der Waals surface area contributed by atoms with Gasteiger partial charge in [0.15, 0.2) is 6.61 Å². The van der Waals surface area contributed by atoms with Crippen molar-refractivity contribution >= 4 is 60.9 Å². The highest BCUT2D eigenvalue weighted by Crippen LogP contribution is 2.47. The number of hydrogen-bond donors (Lipinski definition) is 0. The van der Waals surface area contributed by atoms with Crippen LogP contribution < -0.4 is 9.64 Å². The summed E-state index contributed by atoms with van der Waals surface area (Å²) in [5.74, 6) is 0.523. The maximum atomic E-state index is 13.0. The first-order chi connectivity index (χ1) is 12.6. The molecule has 26 heavy (non-hydrogen) atoms. The molecular weight excluding hydrogens is 478 g/mol. The van der Waals surface area contributed by atoms with Crippen LogP contribution in [0.3, 0.4) is 0 Å². The molecule has 3 aromatic carbocycles. The molecule has 0 aliphatic carbocycles. The Morgan fingerprint density at radius 3 is 2.15 bits per heavy atom. The third-order valence-electron chi connectivity index (χ3n) is 3.93. The molecule has 1 amide bonds. The Bertz CT molecular complexity index is 948. The van der Waals surface area contributed by atoms with Crippen molar-refractivity contribution in [3.8, 4) is 5.75 Å². The van der Waals surface area contributed by atoms with Crippen LogP contribution in [0.1, 0.15) is 0 Å². The number of hydrogen-bond acceptors (Lipinski definition) is 3. The maximum absolute atomic E-state index is 13.0. The van der Waals surface area contributed by atoms with Crippen molar-refractivity contribution in [1.82, 2.24) is 0 Å². The molecule has 4 rings (SSSR count). The fourth-order valence-electron chi connectivity index (χ4n) is 2.77. The Kier molecular flexibility index (Phi) is 5.07. The zero-order valence-corrected chi connectivity index (χ0v) is 17.5. The van der Waals surface area contributed by atoms with E-state index in [2.05, 4.69) is 31.9 Å². The van der Waals surface area contributed by atoms with E-state index in [1.54, 1.807) is 16.7 Å². The highest BCUT2D eigenvalue weighted by atomic mass is 79.9. The lowest BCUT2D eigenvalue weighted by atomic mass is 10.2. The van der Waals surface area contributed by atoms with Crippen LogP contribution in [0.2, 0.25) is 0 Å². The van der Waals surface area contributed by atoms with E-state index in [4.69, 9.17) is 4.74 Å². The fraction of sp³-hybridized carbons (Fsp3) is 0.0500. The summed E-state index contributed by atoms with van der Waals surface area (Å²) in [6.07, 6.45) is 0. The topological polar surface area (TPSA) is 29.5 Å². The van der Waals surface area contributed by atoms with Gasteiger partial charge < -0.3 is 4.74 Å². The largest absolute Gasteiger partial charge is 0.483 e. The van der Waals surface area contributed by atoms with Crippen LogP contribution in [-0.4, -0.2) is 12.5 Å². The van der Waals surface area contributed by atoms with Crippen LogP contribution in [0.15, 0.2) is 85.5 Å². The van der Waals surface area contributed by atoms with Crippen molar-refractivity contribution in [2.75, 3.05) is 11.5 Å². The van der Waals surface area contributed by atoms with E-state index in [0.717, 1.165) is 30.1 Å². The number of rotatable bonds is 3. The van der Waals surface area contributed by atoms with Crippen LogP contribution in [0.25, 0.3) is 0 Å². The number of benzene rings is 3. The summed E-state index contributed by atoms with van der Waals surface area (Å²) < 4.78 is 7.52. The first-order valence-electron chi connectivity index (χ1n) is 7.90. The van der Waals surface area contributed by atoms with Gasteiger partial charge in [-0.15, -0.1) is 0 Å². The van der Waals surface area contributed by atoms with Gasteiger partial charge in [0.1, 0.15) is 5.75 Å². The number of ether oxygens (including phenoxy) is 1. The SMILES string of the molecule is O=C(COc1ccc(Br)cc1Br)N1c2ccccc2Sc2ccccc21. The number of carbonyl (C=O) groups excluding carboxylic acids is 1. The Labute approximate surface area is 172 Å². The average Bonchev–Trinajstić information content (AvgIpc) is 2.65. The smallest absolute Gasteiger partial charge is 0.269 e. The van der Waals surface area contributed by atoms with Gasteiger partial charge in [0.25, 0.3) is 5.91 Å². The summed E-state index contributed by atoms with van der Waals surface area (Å²) in [7, 11) is 0. The molecule has 3 aromatic rings. The summed E-state index contributed by atoms with van der Waals surface area (Å²) in [5, 5.41) is 0. The zero-order chi connectivity index (χ0) is 18.1. The highest BCUT2D eigenvalue weighted by Gasteiger charge is 2.28. The normalized spacial score (nSPS) is 12.3. The van der Waals surface area contributed by atoms with E-state index < -0.39 is 0 Å². The van der Waals surface area contributed by atoms with Crippen molar-refractivity contribution < 1.29 is 9.53 Å². The predicted molar refractivity (Wildman–Crippen MR) is 111 cm³/mol. The van der Waals surface area contributed by atoms with Gasteiger partial charge in [0.2, 0.25) is 0 Å². The molecule has 3 nitrogen and oxygen atoms in total. The molecular formula is C20H13Br2NO2S. The van der Waals surface area contributed by atoms with Gasteiger partial charge in [-0.25, -0.2) is 0 Å². The Morgan fingerprint density at radius 2 is 1.54 bits per heavy atom. The first kappa shape index (κ1) is 17.6. The zero-order valence-electron chi connectivity index (χ0n) is 13.5. The Morgan fingerprint density at radius 1 is 0.923 bits per heavy atom. The molecule has 0 aromatic heterocycles. The van der Waals surface area contributed by atoms with Gasteiger partial charge in [-0.2, -0.15) is 0 Å². The quantitative estimate of drug-likeness (QED) is 0.424. The van der Waals surface area contributed by atoms with E-state index in [9.17, 15) is 4.79 Å². The van der Waals surface area contributed by atoms with E-state index in [1.807, 2.05) is 66.7 Å². The van der Waals surface area contributed by atoms with Gasteiger partial charge in [-0.3, -0.25) is 9.69 Å². The maximum Gasteiger partial charge on any atom is 0.269 e. The molecule has 0 unspecified atom stereocenters. The van der Waals surface area contributed by atoms with Crippen molar-refractivity contribution in [2.45, 2.75) is 9.79 Å². The summed E-state index contributed by atoms with van der Waals surface area (Å²) in [6, 6.07) is 21.4. The highest BCUT2D eigenvalue weighted by molar-refractivity contribution is 9.11. The van der Waals surface area contributed by atoms with Crippen LogP contribution in [0.4, 0.5) is 11.4 Å². The monoisotopic (exact) mass is 489 g/mol. The molecule has 0 fully saturated rings. The van der Waals surface area contributed by atoms with Gasteiger partial charge in [0.05, 0.1) is 15.8 Å². The molecule has 1 aliphatic rings. The van der Waals surface area contributed by atoms with Crippen molar-refractivity contribution in [3.05, 3.63) is 75.7 Å². The molecule has 130 valence electrons. The summed E-state index contributed by atoms with van der Waals surface area (Å²) in [5.41, 5.74) is 1.78. The second kappa shape index (κ2) is 7.47. The standard InChI is InChI=1S/C20H13Br2NO2S/c21-13-9-10-17(14(22)11-13)25-12-20(24)23-15-5-1-3-7-18(15)26-19-8-4-2-6-16(19)23/h1-11H,12H2. The summed E-state index contributed by atoms with van der Waals surface area (Å²) >= 11 is 8.55. The summed E-state index contributed by atoms with van der Waals surface area (Å²) in [4.78, 5) is 16.9. The Hall–Kier alpha value is -1.76. The second-order valence-electron chi connectivity index (χ2n) is 5.63. The number of carbonyl (C=O) groups is 1. The minimum atomic E-state index is -0.111. The number of fused-ring (bicyclic) bond motifs is 2. The van der Waals surface area contributed by atoms with Gasteiger partial charge in [-0.1, -0.05) is 52.0 Å². The van der Waals surface area contributed by atoms with E-state index in [1.165, 1.54) is 0 Å². The number of nitrogens with zero attached hydrogens (tertiary/aromatic N) is 1. The van der Waals surface area contributed by atoms with Crippen LogP contribution in [0, 0.1) is 0 Å². The number of anilines is 2. The molecule has 0 radical (unpaired) electrons. The minimum Gasteiger partial charge on any atom is -0.483 e. The van der Waals surface area contributed by atoms with Crippen molar-refractivity contribution in [1.29, 1.82) is 0 Å². The van der Waals surface area contributed by atoms with E-state index >= 15 is 0 Å². The average molecular weight is 491 g/mol. The fourth-order valence-corrected chi connectivity index (χ4v) is 4.99. The molecule has 1 heterocycles. The Balaban J connectivity index is 1.63. The predicted octanol–water partition coefficient (Wildman–Crippen LogP) is 6.42. The molecule has 0 N–H and O–H groups in total. The van der Waals surface area contributed by atoms with Crippen LogP contribution in [-0.2, 0) is 4.79 Å². The van der Waals surface area contributed by atoms with E-state index in [0.29, 0.717) is 5.75 Å². The van der Waals surface area contributed by atoms with Crippen LogP contribution >= 0.6 is 43.6 Å². The minimum absolute atomic E-state index is 0.0480. The summed E-state index contributed by atoms with van der Waals surface area (Å²) in [6.45, 7) is -0.0480. The van der Waals surface area contributed by atoms with Gasteiger partial charge >= 0.3 is 0 Å². The number of para-hydroxylation sites is 2. The van der Waals surface area contributed by atoms with Gasteiger partial charge in [0, 0.05) is 14.3 Å². The molecule has 0 saturated heterocycles. The molecule has 0 atom stereocenters. The third-order valence-corrected chi connectivity index (χ3v) is 6.17. The molecule has 0 saturated carbocycles. The van der Waals surface area contributed by atoms with Gasteiger partial charge in [-0.05, 0) is 58.4 Å². The molecule has 0 spiro atoms. The molecule has 6 heteroatoms. The van der Waals surface area contributed by atoms with Crippen molar-refractivity contribution in [3.63, 3.8) is 0 Å². The molecule has 1 aliphatic heterocycles. The number of amides is 1. The molecule has 0 bridgehead atoms. The third kappa shape index (κ3) is 3.41. The lowest BCUT2D eigenvalue weighted by molar-refractivity contribution is -0.119. The lowest BCUT2D eigenvalue weighted by Gasteiger charge is -2.31. The van der Waals surface area contributed by atoms with Crippen molar-refractivity contribution in [2.24, 2.45) is 0 Å². The lowest BCUT2D eigenvalue weighted by Crippen LogP contribution is -2.32. The van der Waals surface area contributed by atoms with E-state index in [-0.39, 0.29) is 12.5 Å². The second-order valence-corrected chi connectivity index (χ2v) is 8.48. The first-order valence-corrected chi connectivity index (χ1v) is 10.3.